The third-order valence-electron chi connectivity index (χ3n) is 3.34. The number of carbonyl (C=O) groups is 1. The number of amides is 1. The summed E-state index contributed by atoms with van der Waals surface area (Å²) in [7, 11) is 0. The minimum Gasteiger partial charge on any atom is -0.364 e. The van der Waals surface area contributed by atoms with Gasteiger partial charge in [-0.2, -0.15) is 10.1 Å². The molecule has 0 spiro atoms. The molecule has 9 heteroatoms. The van der Waals surface area contributed by atoms with Gasteiger partial charge in [0.25, 0.3) is 18.0 Å². The first-order chi connectivity index (χ1) is 10.2. The smallest absolute Gasteiger partial charge is 0.287 e. The zero-order chi connectivity index (χ0) is 16.7. The van der Waals surface area contributed by atoms with E-state index in [0.29, 0.717) is 5.01 Å². The van der Waals surface area contributed by atoms with E-state index in [2.05, 4.69) is 5.10 Å². The lowest BCUT2D eigenvalue weighted by molar-refractivity contribution is -0.385. The molecule has 22 heavy (non-hydrogen) atoms. The lowest BCUT2D eigenvalue weighted by Crippen LogP contribution is -2.51. The van der Waals surface area contributed by atoms with Gasteiger partial charge in [0.1, 0.15) is 0 Å². The van der Waals surface area contributed by atoms with E-state index in [1.807, 2.05) is 0 Å². The van der Waals surface area contributed by atoms with Gasteiger partial charge in [-0.25, -0.2) is 8.78 Å². The normalized spacial score (nSPS) is 21.2. The quantitative estimate of drug-likeness (QED) is 0.682. The number of alkyl halides is 2. The van der Waals surface area contributed by atoms with Crippen molar-refractivity contribution in [2.45, 2.75) is 32.4 Å². The SMILES string of the molecule is CC1=NN(C(=O)c2ccc([N+](=O)[O-])c(C)c2)[C@](O)(C(F)F)C1. The number of aryl methyl sites for hydroxylation is 1. The summed E-state index contributed by atoms with van der Waals surface area (Å²) in [5, 5.41) is 24.7. The van der Waals surface area contributed by atoms with E-state index in [4.69, 9.17) is 0 Å². The van der Waals surface area contributed by atoms with Crippen LogP contribution < -0.4 is 0 Å². The number of aliphatic hydroxyl groups is 1. The maximum Gasteiger partial charge on any atom is 0.287 e. The predicted octanol–water partition coefficient (Wildman–Crippen LogP) is 2.08. The second kappa shape index (κ2) is 5.41. The molecule has 0 radical (unpaired) electrons. The largest absolute Gasteiger partial charge is 0.364 e. The van der Waals surface area contributed by atoms with Crippen molar-refractivity contribution in [2.24, 2.45) is 5.10 Å². The van der Waals surface area contributed by atoms with Crippen LogP contribution in [0.2, 0.25) is 0 Å². The van der Waals surface area contributed by atoms with Crippen molar-refractivity contribution >= 4 is 17.3 Å². The minimum atomic E-state index is -3.20. The second-order valence-electron chi connectivity index (χ2n) is 5.07. The number of hydrazone groups is 1. The number of halogens is 2. The van der Waals surface area contributed by atoms with Gasteiger partial charge in [-0.1, -0.05) is 0 Å². The maximum absolute atomic E-state index is 13.1. The van der Waals surface area contributed by atoms with Gasteiger partial charge >= 0.3 is 0 Å². The predicted molar refractivity (Wildman–Crippen MR) is 72.7 cm³/mol. The highest BCUT2D eigenvalue weighted by Crippen LogP contribution is 2.33. The summed E-state index contributed by atoms with van der Waals surface area (Å²) in [6.07, 6.45) is -3.65. The van der Waals surface area contributed by atoms with Crippen LogP contribution in [0.15, 0.2) is 23.3 Å². The van der Waals surface area contributed by atoms with Crippen molar-refractivity contribution in [3.8, 4) is 0 Å². The monoisotopic (exact) mass is 313 g/mol. The van der Waals surface area contributed by atoms with Crippen molar-refractivity contribution in [1.82, 2.24) is 5.01 Å². The van der Waals surface area contributed by atoms with Crippen molar-refractivity contribution in [3.63, 3.8) is 0 Å². The number of nitro benzene ring substituents is 1. The number of nitrogens with zero attached hydrogens (tertiary/aromatic N) is 3. The summed E-state index contributed by atoms with van der Waals surface area (Å²) in [5.74, 6) is -0.947. The summed E-state index contributed by atoms with van der Waals surface area (Å²) >= 11 is 0. The van der Waals surface area contributed by atoms with Crippen LogP contribution in [0, 0.1) is 17.0 Å². The zero-order valence-corrected chi connectivity index (χ0v) is 11.8. The summed E-state index contributed by atoms with van der Waals surface area (Å²) in [4.78, 5) is 22.4. The highest BCUT2D eigenvalue weighted by atomic mass is 19.3. The van der Waals surface area contributed by atoms with Gasteiger partial charge in [-0.15, -0.1) is 0 Å². The van der Waals surface area contributed by atoms with E-state index in [0.717, 1.165) is 12.1 Å². The van der Waals surface area contributed by atoms with Crippen molar-refractivity contribution in [3.05, 3.63) is 39.4 Å². The van der Waals surface area contributed by atoms with Gasteiger partial charge in [0.15, 0.2) is 0 Å². The number of hydrogen-bond acceptors (Lipinski definition) is 5. The summed E-state index contributed by atoms with van der Waals surface area (Å²) < 4.78 is 26.1. The van der Waals surface area contributed by atoms with E-state index in [1.54, 1.807) is 0 Å². The third kappa shape index (κ3) is 2.54. The Balaban J connectivity index is 2.39. The third-order valence-corrected chi connectivity index (χ3v) is 3.34. The molecule has 118 valence electrons. The first kappa shape index (κ1) is 16.0. The lowest BCUT2D eigenvalue weighted by atomic mass is 10.1. The summed E-state index contributed by atoms with van der Waals surface area (Å²) in [5.41, 5.74) is -2.56. The Bertz CT molecular complexity index is 677. The first-order valence-corrected chi connectivity index (χ1v) is 6.31. The molecule has 0 unspecified atom stereocenters. The topological polar surface area (TPSA) is 96.0 Å². The molecule has 1 amide bonds. The standard InChI is InChI=1S/C13H13F2N3O4/c1-7-5-9(3-4-10(7)18(21)22)11(19)17-13(20,12(14)15)6-8(2)16-17/h3-5,12,20H,6H2,1-2H3/t13-/m1/s1. The molecule has 1 heterocycles. The Morgan fingerprint density at radius 1 is 1.50 bits per heavy atom. The molecule has 0 fully saturated rings. The molecule has 0 aliphatic carbocycles. The molecule has 1 aliphatic heterocycles. The van der Waals surface area contributed by atoms with Gasteiger partial charge in [0.05, 0.1) is 4.92 Å². The zero-order valence-electron chi connectivity index (χ0n) is 11.8. The molecule has 1 aromatic carbocycles. The van der Waals surface area contributed by atoms with Crippen LogP contribution in [-0.4, -0.2) is 38.8 Å². The molecule has 7 nitrogen and oxygen atoms in total. The number of hydrogen-bond donors (Lipinski definition) is 1. The Labute approximate surface area is 124 Å². The van der Waals surface area contributed by atoms with Crippen LogP contribution in [-0.2, 0) is 0 Å². The summed E-state index contributed by atoms with van der Waals surface area (Å²) in [6.45, 7) is 2.84. The van der Waals surface area contributed by atoms with Gasteiger partial charge in [-0.05, 0) is 26.0 Å². The first-order valence-electron chi connectivity index (χ1n) is 6.31. The van der Waals surface area contributed by atoms with Crippen LogP contribution >= 0.6 is 0 Å². The minimum absolute atomic E-state index is 0.0689. The molecule has 0 bridgehead atoms. The fourth-order valence-corrected chi connectivity index (χ4v) is 2.25. The average Bonchev–Trinajstić information content (AvgIpc) is 2.74. The Hall–Kier alpha value is -2.42. The molecule has 0 saturated heterocycles. The molecule has 0 saturated carbocycles. The highest BCUT2D eigenvalue weighted by molar-refractivity contribution is 5.98. The van der Waals surface area contributed by atoms with Crippen molar-refractivity contribution in [1.29, 1.82) is 0 Å². The van der Waals surface area contributed by atoms with Crippen LogP contribution in [0.1, 0.15) is 29.3 Å². The molecule has 2 rings (SSSR count). The number of rotatable bonds is 3. The van der Waals surface area contributed by atoms with Gasteiger partial charge < -0.3 is 5.11 Å². The van der Waals surface area contributed by atoms with Crippen molar-refractivity contribution < 1.29 is 23.6 Å². The van der Waals surface area contributed by atoms with E-state index < -0.39 is 29.4 Å². The fraction of sp³-hybridized carbons (Fsp3) is 0.385. The molecule has 1 N–H and O–H groups in total. The van der Waals surface area contributed by atoms with Gasteiger partial charge in [-0.3, -0.25) is 14.9 Å². The fourth-order valence-electron chi connectivity index (χ4n) is 2.25. The molecule has 1 aromatic rings. The Morgan fingerprint density at radius 2 is 2.14 bits per heavy atom. The van der Waals surface area contributed by atoms with Crippen LogP contribution in [0.4, 0.5) is 14.5 Å². The molecule has 1 aliphatic rings. The Morgan fingerprint density at radius 3 is 2.64 bits per heavy atom. The summed E-state index contributed by atoms with van der Waals surface area (Å²) in [6, 6.07) is 3.45. The lowest BCUT2D eigenvalue weighted by Gasteiger charge is -2.30. The van der Waals surface area contributed by atoms with E-state index >= 15 is 0 Å². The van der Waals surface area contributed by atoms with E-state index in [1.165, 1.54) is 19.9 Å². The Kier molecular flexibility index (Phi) is 3.92. The van der Waals surface area contributed by atoms with Crippen molar-refractivity contribution in [2.75, 3.05) is 0 Å². The second-order valence-corrected chi connectivity index (χ2v) is 5.07. The van der Waals surface area contributed by atoms with Crippen LogP contribution in [0.3, 0.4) is 0 Å². The van der Waals surface area contributed by atoms with Crippen LogP contribution in [0.25, 0.3) is 0 Å². The number of nitro groups is 1. The molecular weight excluding hydrogens is 300 g/mol. The van der Waals surface area contributed by atoms with E-state index in [-0.39, 0.29) is 22.5 Å². The van der Waals surface area contributed by atoms with E-state index in [9.17, 15) is 28.8 Å². The van der Waals surface area contributed by atoms with Gasteiger partial charge in [0, 0.05) is 29.3 Å². The highest BCUT2D eigenvalue weighted by Gasteiger charge is 2.51. The van der Waals surface area contributed by atoms with Crippen LogP contribution in [0.5, 0.6) is 0 Å². The molecule has 1 atom stereocenters. The number of benzene rings is 1. The average molecular weight is 313 g/mol. The maximum atomic E-state index is 13.1. The molecular formula is C13H13F2N3O4. The molecule has 0 aromatic heterocycles. The number of carbonyl (C=O) groups excluding carboxylic acids is 1. The van der Waals surface area contributed by atoms with Gasteiger partial charge in [0.2, 0.25) is 5.72 Å².